The zero-order valence-corrected chi connectivity index (χ0v) is 25.5. The van der Waals surface area contributed by atoms with Crippen molar-refractivity contribution in [1.82, 2.24) is 9.80 Å². The van der Waals surface area contributed by atoms with Crippen molar-refractivity contribution < 1.29 is 9.53 Å². The van der Waals surface area contributed by atoms with Crippen LogP contribution in [0.1, 0.15) is 30.9 Å². The van der Waals surface area contributed by atoms with Crippen molar-refractivity contribution >= 4 is 34.8 Å². The summed E-state index contributed by atoms with van der Waals surface area (Å²) in [6.45, 7) is 5.27. The van der Waals surface area contributed by atoms with Crippen LogP contribution in [-0.2, 0) is 17.8 Å². The number of para-hydroxylation sites is 2. The number of hydrogen-bond donors (Lipinski definition) is 1. The molecule has 1 heterocycles. The molecule has 6 nitrogen and oxygen atoms in total. The molecule has 0 bridgehead atoms. The number of thiocarbonyl (C=S) groups is 1. The third-order valence-electron chi connectivity index (χ3n) is 7.89. The number of nitrogens with one attached hydrogen (secondary N) is 1. The number of anilines is 2. The molecule has 0 radical (unpaired) electrons. The number of piperidine rings is 1. The highest BCUT2D eigenvalue weighted by Gasteiger charge is 2.30. The Bertz CT molecular complexity index is 1370. The van der Waals surface area contributed by atoms with E-state index in [-0.39, 0.29) is 18.2 Å². The highest BCUT2D eigenvalue weighted by molar-refractivity contribution is 7.80. The van der Waals surface area contributed by atoms with Gasteiger partial charge in [-0.3, -0.25) is 4.90 Å². The van der Waals surface area contributed by atoms with E-state index < -0.39 is 0 Å². The van der Waals surface area contributed by atoms with Gasteiger partial charge in [-0.15, -0.1) is 0 Å². The minimum Gasteiger partial charge on any atom is -0.448 e. The van der Waals surface area contributed by atoms with Gasteiger partial charge in [0, 0.05) is 49.6 Å². The summed E-state index contributed by atoms with van der Waals surface area (Å²) in [6, 6.07) is 41.3. The van der Waals surface area contributed by atoms with Crippen LogP contribution in [0, 0.1) is 0 Å². The molecule has 1 aliphatic heterocycles. The number of benzene rings is 4. The lowest BCUT2D eigenvalue weighted by Gasteiger charge is -2.39. The van der Waals surface area contributed by atoms with E-state index in [4.69, 9.17) is 17.0 Å². The van der Waals surface area contributed by atoms with Crippen molar-refractivity contribution in [3.63, 3.8) is 0 Å². The fourth-order valence-electron chi connectivity index (χ4n) is 5.49. The van der Waals surface area contributed by atoms with Gasteiger partial charge in [-0.05, 0) is 67.4 Å². The summed E-state index contributed by atoms with van der Waals surface area (Å²) in [7, 11) is 0. The largest absolute Gasteiger partial charge is 0.448 e. The summed E-state index contributed by atoms with van der Waals surface area (Å²) in [6.07, 6.45) is 1.34. The van der Waals surface area contributed by atoms with Crippen molar-refractivity contribution in [2.45, 2.75) is 44.9 Å². The molecule has 1 saturated heterocycles. The first kappa shape index (κ1) is 30.3. The summed E-state index contributed by atoms with van der Waals surface area (Å²) in [5.41, 5.74) is 4.47. The average molecular weight is 593 g/mol. The smallest absolute Gasteiger partial charge is 0.409 e. The zero-order valence-electron chi connectivity index (χ0n) is 24.7. The molecule has 1 amide bonds. The van der Waals surface area contributed by atoms with E-state index in [1.54, 1.807) is 0 Å². The Labute approximate surface area is 260 Å². The molecular weight excluding hydrogens is 552 g/mol. The van der Waals surface area contributed by atoms with Gasteiger partial charge in [0.15, 0.2) is 5.11 Å². The van der Waals surface area contributed by atoms with E-state index in [9.17, 15) is 4.79 Å². The van der Waals surface area contributed by atoms with E-state index in [2.05, 4.69) is 82.7 Å². The number of ether oxygens (including phenoxy) is 1. The fraction of sp³-hybridized carbons (Fsp3) is 0.278. The number of amides is 1. The average Bonchev–Trinajstić information content (AvgIpc) is 3.05. The third kappa shape index (κ3) is 8.66. The molecular formula is C36H40N4O2S. The van der Waals surface area contributed by atoms with Crippen LogP contribution in [0.3, 0.4) is 0 Å². The topological polar surface area (TPSA) is 48.1 Å². The van der Waals surface area contributed by atoms with E-state index in [0.717, 1.165) is 37.3 Å². The molecule has 43 heavy (non-hydrogen) atoms. The van der Waals surface area contributed by atoms with Gasteiger partial charge in [0.1, 0.15) is 6.61 Å². The maximum Gasteiger partial charge on any atom is 0.409 e. The number of rotatable bonds is 10. The van der Waals surface area contributed by atoms with Crippen molar-refractivity contribution in [2.24, 2.45) is 0 Å². The lowest BCUT2D eigenvalue weighted by atomic mass is 10.0. The normalized spacial score (nSPS) is 14.2. The van der Waals surface area contributed by atoms with Crippen LogP contribution < -0.4 is 10.2 Å². The molecule has 0 unspecified atom stereocenters. The SMILES string of the molecule is C[C@@H](COC(=O)N1CCC(N(C(=S)Nc2ccccc2)c2ccccc2)CC1)N(Cc1ccccc1)Cc1ccccc1. The lowest BCUT2D eigenvalue weighted by Crippen LogP contribution is -2.50. The van der Waals surface area contributed by atoms with Crippen molar-refractivity contribution in [2.75, 3.05) is 29.9 Å². The minimum absolute atomic E-state index is 0.0527. The van der Waals surface area contributed by atoms with E-state index in [1.807, 2.05) is 65.6 Å². The molecule has 1 N–H and O–H groups in total. The second-order valence-corrected chi connectivity index (χ2v) is 11.4. The summed E-state index contributed by atoms with van der Waals surface area (Å²) < 4.78 is 5.90. The van der Waals surface area contributed by atoms with Crippen LogP contribution in [-0.4, -0.2) is 52.8 Å². The molecule has 7 heteroatoms. The number of carbonyl (C=O) groups is 1. The van der Waals surface area contributed by atoms with Gasteiger partial charge in [-0.1, -0.05) is 97.1 Å². The highest BCUT2D eigenvalue weighted by atomic mass is 32.1. The second-order valence-electron chi connectivity index (χ2n) is 11.0. The van der Waals surface area contributed by atoms with Gasteiger partial charge in [-0.25, -0.2) is 4.79 Å². The van der Waals surface area contributed by atoms with Crippen LogP contribution >= 0.6 is 12.2 Å². The first-order valence-electron chi connectivity index (χ1n) is 15.0. The van der Waals surface area contributed by atoms with Crippen molar-refractivity contribution in [3.8, 4) is 0 Å². The number of hydrogen-bond acceptors (Lipinski definition) is 4. The van der Waals surface area contributed by atoms with Gasteiger partial charge >= 0.3 is 6.09 Å². The molecule has 5 rings (SSSR count). The Morgan fingerprint density at radius 1 is 0.814 bits per heavy atom. The van der Waals surface area contributed by atoms with E-state index in [0.29, 0.717) is 24.8 Å². The third-order valence-corrected chi connectivity index (χ3v) is 8.19. The molecule has 1 fully saturated rings. The first-order chi connectivity index (χ1) is 21.1. The van der Waals surface area contributed by atoms with Crippen LogP contribution in [0.2, 0.25) is 0 Å². The van der Waals surface area contributed by atoms with Crippen LogP contribution in [0.25, 0.3) is 0 Å². The van der Waals surface area contributed by atoms with Crippen LogP contribution in [0.5, 0.6) is 0 Å². The van der Waals surface area contributed by atoms with Gasteiger partial charge in [0.05, 0.1) is 0 Å². The Balaban J connectivity index is 1.17. The molecule has 0 spiro atoms. The summed E-state index contributed by atoms with van der Waals surface area (Å²) in [5, 5.41) is 4.05. The molecule has 222 valence electrons. The maximum absolute atomic E-state index is 13.2. The number of likely N-dealkylation sites (tertiary alicyclic amines) is 1. The van der Waals surface area contributed by atoms with Crippen LogP contribution in [0.15, 0.2) is 121 Å². The Kier molecular flexibility index (Phi) is 10.8. The summed E-state index contributed by atoms with van der Waals surface area (Å²) >= 11 is 5.89. The molecule has 0 aliphatic carbocycles. The quantitative estimate of drug-likeness (QED) is 0.192. The lowest BCUT2D eigenvalue weighted by molar-refractivity contribution is 0.0591. The second kappa shape index (κ2) is 15.3. The number of carbonyl (C=O) groups excluding carboxylic acids is 1. The van der Waals surface area contributed by atoms with Gasteiger partial charge in [0.25, 0.3) is 0 Å². The zero-order chi connectivity index (χ0) is 29.9. The monoisotopic (exact) mass is 592 g/mol. The van der Waals surface area contributed by atoms with E-state index in [1.165, 1.54) is 11.1 Å². The molecule has 0 saturated carbocycles. The standard InChI is InChI=1S/C36H40N4O2S/c1-29(39(26-30-14-6-2-7-15-30)27-31-16-8-3-9-17-31)28-42-36(41)38-24-22-34(23-25-38)40(33-20-12-5-13-21-33)35(43)37-32-18-10-4-11-19-32/h2-21,29,34H,22-28H2,1H3,(H,37,43)/t29-/m0/s1. The maximum atomic E-state index is 13.2. The highest BCUT2D eigenvalue weighted by Crippen LogP contribution is 2.26. The molecule has 1 aliphatic rings. The van der Waals surface area contributed by atoms with Gasteiger partial charge in [0.2, 0.25) is 0 Å². The molecule has 1 atom stereocenters. The van der Waals surface area contributed by atoms with E-state index >= 15 is 0 Å². The first-order valence-corrected chi connectivity index (χ1v) is 15.4. The molecule has 4 aromatic rings. The van der Waals surface area contributed by atoms with Crippen molar-refractivity contribution in [3.05, 3.63) is 132 Å². The fourth-order valence-corrected chi connectivity index (χ4v) is 5.86. The number of nitrogens with zero attached hydrogens (tertiary/aromatic N) is 3. The van der Waals surface area contributed by atoms with Gasteiger partial charge in [-0.2, -0.15) is 0 Å². The Morgan fingerprint density at radius 3 is 1.84 bits per heavy atom. The minimum atomic E-state index is -0.249. The molecule has 0 aromatic heterocycles. The summed E-state index contributed by atoms with van der Waals surface area (Å²) in [5.74, 6) is 0. The predicted molar refractivity (Wildman–Crippen MR) is 179 cm³/mol. The summed E-state index contributed by atoms with van der Waals surface area (Å²) in [4.78, 5) is 19.6. The Hall–Kier alpha value is -4.20. The predicted octanol–water partition coefficient (Wildman–Crippen LogP) is 7.58. The van der Waals surface area contributed by atoms with Gasteiger partial charge < -0.3 is 19.9 Å². The van der Waals surface area contributed by atoms with Crippen molar-refractivity contribution in [1.29, 1.82) is 0 Å². The molecule has 4 aromatic carbocycles. The Morgan fingerprint density at radius 2 is 1.30 bits per heavy atom. The van der Waals surface area contributed by atoms with Crippen LogP contribution in [0.4, 0.5) is 16.2 Å².